The summed E-state index contributed by atoms with van der Waals surface area (Å²) in [5.74, 6) is 0.0735. The molecule has 5 nitrogen and oxygen atoms in total. The molecule has 0 bridgehead atoms. The van der Waals surface area contributed by atoms with Crippen molar-refractivity contribution in [1.29, 1.82) is 0 Å². The summed E-state index contributed by atoms with van der Waals surface area (Å²) in [6.07, 6.45) is 0.509. The summed E-state index contributed by atoms with van der Waals surface area (Å²) in [4.78, 5) is 23.8. The van der Waals surface area contributed by atoms with E-state index < -0.39 is 5.97 Å². The van der Waals surface area contributed by atoms with Gasteiger partial charge in [0.15, 0.2) is 6.61 Å². The molecule has 0 spiro atoms. The van der Waals surface area contributed by atoms with Crippen molar-refractivity contribution >= 4 is 11.9 Å². The molecule has 1 aromatic carbocycles. The van der Waals surface area contributed by atoms with Crippen LogP contribution in [0.25, 0.3) is 0 Å². The summed E-state index contributed by atoms with van der Waals surface area (Å²) in [6.45, 7) is 4.58. The maximum absolute atomic E-state index is 11.9. The van der Waals surface area contributed by atoms with Gasteiger partial charge in [0.05, 0.1) is 0 Å². The lowest BCUT2D eigenvalue weighted by atomic mass is 10.0. The van der Waals surface area contributed by atoms with Gasteiger partial charge in [0, 0.05) is 20.0 Å². The summed E-state index contributed by atoms with van der Waals surface area (Å²) in [7, 11) is 1.65. The molecule has 21 heavy (non-hydrogen) atoms. The van der Waals surface area contributed by atoms with Crippen LogP contribution < -0.4 is 4.74 Å². The van der Waals surface area contributed by atoms with Gasteiger partial charge in [-0.05, 0) is 30.0 Å². The Hall–Kier alpha value is -2.04. The molecule has 0 saturated carbocycles. The number of rotatable bonds is 8. The molecule has 0 aliphatic carbocycles. The number of hydrogen-bond donors (Lipinski definition) is 1. The Morgan fingerprint density at radius 1 is 1.33 bits per heavy atom. The third kappa shape index (κ3) is 6.29. The molecule has 0 aromatic heterocycles. The van der Waals surface area contributed by atoms with Crippen LogP contribution in [-0.4, -0.2) is 42.1 Å². The minimum atomic E-state index is -0.849. The average Bonchev–Trinajstić information content (AvgIpc) is 2.44. The smallest absolute Gasteiger partial charge is 0.303 e. The quantitative estimate of drug-likeness (QED) is 0.799. The van der Waals surface area contributed by atoms with Crippen LogP contribution in [-0.2, 0) is 9.59 Å². The number of amides is 1. The first-order chi connectivity index (χ1) is 9.90. The van der Waals surface area contributed by atoms with E-state index >= 15 is 0 Å². The van der Waals surface area contributed by atoms with Crippen molar-refractivity contribution in [2.24, 2.45) is 0 Å². The maximum atomic E-state index is 11.9. The zero-order chi connectivity index (χ0) is 15.8. The van der Waals surface area contributed by atoms with E-state index in [0.29, 0.717) is 24.6 Å². The van der Waals surface area contributed by atoms with E-state index in [0.717, 1.165) is 5.56 Å². The van der Waals surface area contributed by atoms with Crippen molar-refractivity contribution < 1.29 is 19.4 Å². The number of carbonyl (C=O) groups excluding carboxylic acids is 1. The van der Waals surface area contributed by atoms with Crippen molar-refractivity contribution in [3.63, 3.8) is 0 Å². The topological polar surface area (TPSA) is 66.8 Å². The Balaban J connectivity index is 2.41. The molecule has 0 radical (unpaired) electrons. The number of carboxylic acid groups (broad SMARTS) is 1. The normalized spacial score (nSPS) is 10.5. The van der Waals surface area contributed by atoms with Crippen molar-refractivity contribution in [3.05, 3.63) is 29.8 Å². The van der Waals surface area contributed by atoms with Gasteiger partial charge >= 0.3 is 5.97 Å². The summed E-state index contributed by atoms with van der Waals surface area (Å²) in [5, 5.41) is 8.56. The summed E-state index contributed by atoms with van der Waals surface area (Å²) in [6, 6.07) is 7.69. The molecule has 1 rings (SSSR count). The number of carboxylic acids is 1. The van der Waals surface area contributed by atoms with Gasteiger partial charge in [-0.1, -0.05) is 26.0 Å². The molecule has 0 saturated heterocycles. The van der Waals surface area contributed by atoms with E-state index in [2.05, 4.69) is 13.8 Å². The van der Waals surface area contributed by atoms with E-state index in [-0.39, 0.29) is 18.9 Å². The number of hydrogen-bond acceptors (Lipinski definition) is 3. The third-order valence-corrected chi connectivity index (χ3v) is 3.20. The standard InChI is InChI=1S/C16H23NO4/c1-12(2)13-6-4-7-14(10-13)21-11-15(18)17(3)9-5-8-16(19)20/h4,6-7,10,12H,5,8-9,11H2,1-3H3,(H,19,20). The van der Waals surface area contributed by atoms with Crippen LogP contribution in [0.15, 0.2) is 24.3 Å². The Kier molecular flexibility index (Phi) is 6.72. The summed E-state index contributed by atoms with van der Waals surface area (Å²) >= 11 is 0. The highest BCUT2D eigenvalue weighted by molar-refractivity contribution is 5.77. The van der Waals surface area contributed by atoms with Crippen molar-refractivity contribution in [2.45, 2.75) is 32.6 Å². The molecule has 1 N–H and O–H groups in total. The zero-order valence-corrected chi connectivity index (χ0v) is 12.8. The molecular formula is C16H23NO4. The lowest BCUT2D eigenvalue weighted by Crippen LogP contribution is -2.32. The molecule has 0 fully saturated rings. The highest BCUT2D eigenvalue weighted by atomic mass is 16.5. The molecular weight excluding hydrogens is 270 g/mol. The fourth-order valence-electron chi connectivity index (χ4n) is 1.81. The minimum absolute atomic E-state index is 0.0366. The van der Waals surface area contributed by atoms with Crippen molar-refractivity contribution in [1.82, 2.24) is 4.90 Å². The van der Waals surface area contributed by atoms with Crippen LogP contribution in [0.1, 0.15) is 38.2 Å². The molecule has 0 atom stereocenters. The molecule has 0 aliphatic rings. The Morgan fingerprint density at radius 2 is 2.05 bits per heavy atom. The van der Waals surface area contributed by atoms with Crippen molar-refractivity contribution in [3.8, 4) is 5.75 Å². The number of benzene rings is 1. The Morgan fingerprint density at radius 3 is 2.67 bits per heavy atom. The van der Waals surface area contributed by atoms with Gasteiger partial charge in [0.1, 0.15) is 5.75 Å². The van der Waals surface area contributed by atoms with Gasteiger partial charge in [-0.3, -0.25) is 9.59 Å². The van der Waals surface area contributed by atoms with E-state index in [4.69, 9.17) is 9.84 Å². The van der Waals surface area contributed by atoms with Gasteiger partial charge in [0.2, 0.25) is 0 Å². The Labute approximate surface area is 125 Å². The van der Waals surface area contributed by atoms with E-state index in [1.165, 1.54) is 4.90 Å². The number of nitrogens with zero attached hydrogens (tertiary/aromatic N) is 1. The van der Waals surface area contributed by atoms with Crippen LogP contribution in [0.4, 0.5) is 0 Å². The molecule has 0 aliphatic heterocycles. The monoisotopic (exact) mass is 293 g/mol. The molecule has 1 aromatic rings. The predicted octanol–water partition coefficient (Wildman–Crippen LogP) is 2.51. The highest BCUT2D eigenvalue weighted by Gasteiger charge is 2.10. The second-order valence-corrected chi connectivity index (χ2v) is 5.33. The Bertz CT molecular complexity index is 485. The average molecular weight is 293 g/mol. The fraction of sp³-hybridized carbons (Fsp3) is 0.500. The van der Waals surface area contributed by atoms with Crippen LogP contribution in [0, 0.1) is 0 Å². The predicted molar refractivity (Wildman–Crippen MR) is 80.5 cm³/mol. The number of carbonyl (C=O) groups is 2. The van der Waals surface area contributed by atoms with Gasteiger partial charge in [-0.15, -0.1) is 0 Å². The first kappa shape index (κ1) is 17.0. The lowest BCUT2D eigenvalue weighted by Gasteiger charge is -2.17. The molecule has 1 amide bonds. The van der Waals surface area contributed by atoms with Gasteiger partial charge < -0.3 is 14.7 Å². The molecule has 0 unspecified atom stereocenters. The van der Waals surface area contributed by atoms with Crippen LogP contribution >= 0.6 is 0 Å². The van der Waals surface area contributed by atoms with E-state index in [1.807, 2.05) is 24.3 Å². The summed E-state index contributed by atoms with van der Waals surface area (Å²) < 4.78 is 5.50. The second-order valence-electron chi connectivity index (χ2n) is 5.33. The lowest BCUT2D eigenvalue weighted by molar-refractivity contribution is -0.138. The van der Waals surface area contributed by atoms with Gasteiger partial charge in [-0.2, -0.15) is 0 Å². The SMILES string of the molecule is CC(C)c1cccc(OCC(=O)N(C)CCCC(=O)O)c1. The zero-order valence-electron chi connectivity index (χ0n) is 12.8. The third-order valence-electron chi connectivity index (χ3n) is 3.20. The van der Waals surface area contributed by atoms with Crippen LogP contribution in [0.5, 0.6) is 5.75 Å². The van der Waals surface area contributed by atoms with E-state index in [9.17, 15) is 9.59 Å². The van der Waals surface area contributed by atoms with E-state index in [1.54, 1.807) is 7.05 Å². The molecule has 5 heteroatoms. The maximum Gasteiger partial charge on any atom is 0.303 e. The number of aliphatic carboxylic acids is 1. The number of likely N-dealkylation sites (N-methyl/N-ethyl adjacent to an activating group) is 1. The summed E-state index contributed by atoms with van der Waals surface area (Å²) in [5.41, 5.74) is 1.16. The molecule has 116 valence electrons. The van der Waals surface area contributed by atoms with Crippen molar-refractivity contribution in [2.75, 3.05) is 20.2 Å². The van der Waals surface area contributed by atoms with Gasteiger partial charge in [-0.25, -0.2) is 0 Å². The first-order valence-corrected chi connectivity index (χ1v) is 7.08. The first-order valence-electron chi connectivity index (χ1n) is 7.08. The fourth-order valence-corrected chi connectivity index (χ4v) is 1.81. The van der Waals surface area contributed by atoms with Crippen LogP contribution in [0.3, 0.4) is 0 Å². The largest absolute Gasteiger partial charge is 0.484 e. The second kappa shape index (κ2) is 8.29. The highest BCUT2D eigenvalue weighted by Crippen LogP contribution is 2.20. The number of ether oxygens (including phenoxy) is 1. The van der Waals surface area contributed by atoms with Crippen LogP contribution in [0.2, 0.25) is 0 Å². The molecule has 0 heterocycles. The van der Waals surface area contributed by atoms with Gasteiger partial charge in [0.25, 0.3) is 5.91 Å². The minimum Gasteiger partial charge on any atom is -0.484 e.